The van der Waals surface area contributed by atoms with Crippen LogP contribution in [-0.4, -0.2) is 12.1 Å². The molecular weight excluding hydrogens is 236 g/mol. The second kappa shape index (κ2) is 6.34. The highest BCUT2D eigenvalue weighted by molar-refractivity contribution is 5.36. The molecule has 1 N–H and O–H groups in total. The Morgan fingerprint density at radius 2 is 1.95 bits per heavy atom. The molecule has 0 amide bonds. The van der Waals surface area contributed by atoms with Gasteiger partial charge in [0.1, 0.15) is 5.75 Å². The molecule has 0 aliphatic rings. The van der Waals surface area contributed by atoms with Gasteiger partial charge in [-0.2, -0.15) is 0 Å². The van der Waals surface area contributed by atoms with Crippen LogP contribution in [0, 0.1) is 6.92 Å². The normalized spacial score (nSPS) is 12.2. The van der Waals surface area contributed by atoms with Crippen molar-refractivity contribution < 1.29 is 4.74 Å². The van der Waals surface area contributed by atoms with Gasteiger partial charge in [-0.15, -0.1) is 0 Å². The van der Waals surface area contributed by atoms with E-state index >= 15 is 0 Å². The zero-order chi connectivity index (χ0) is 13.7. The Kier molecular flexibility index (Phi) is 4.53. The lowest BCUT2D eigenvalue weighted by molar-refractivity contribution is 0.410. The van der Waals surface area contributed by atoms with Gasteiger partial charge in [-0.25, -0.2) is 0 Å². The largest absolute Gasteiger partial charge is 0.496 e. The molecule has 2 rings (SSSR count). The molecular formula is C16H20N2O. The van der Waals surface area contributed by atoms with Crippen molar-refractivity contribution >= 4 is 0 Å². The first-order valence-corrected chi connectivity index (χ1v) is 6.47. The summed E-state index contributed by atoms with van der Waals surface area (Å²) in [6.45, 7) is 5.02. The molecule has 2 aromatic rings. The number of hydrogen-bond donors (Lipinski definition) is 1. The van der Waals surface area contributed by atoms with Crippen LogP contribution in [0.2, 0.25) is 0 Å². The van der Waals surface area contributed by atoms with Crippen molar-refractivity contribution in [2.75, 3.05) is 7.11 Å². The van der Waals surface area contributed by atoms with E-state index < -0.39 is 0 Å². The third-order valence-corrected chi connectivity index (χ3v) is 3.29. The van der Waals surface area contributed by atoms with Crippen molar-refractivity contribution in [1.29, 1.82) is 0 Å². The molecule has 0 bridgehead atoms. The molecule has 3 heteroatoms. The van der Waals surface area contributed by atoms with Crippen molar-refractivity contribution in [3.63, 3.8) is 0 Å². The molecule has 0 aliphatic carbocycles. The smallest absolute Gasteiger partial charge is 0.122 e. The number of nitrogens with zero attached hydrogens (tertiary/aromatic N) is 1. The zero-order valence-corrected chi connectivity index (χ0v) is 11.7. The monoisotopic (exact) mass is 256 g/mol. The van der Waals surface area contributed by atoms with Gasteiger partial charge in [-0.1, -0.05) is 12.1 Å². The molecule has 19 heavy (non-hydrogen) atoms. The quantitative estimate of drug-likeness (QED) is 0.891. The van der Waals surface area contributed by atoms with Crippen LogP contribution in [-0.2, 0) is 6.54 Å². The van der Waals surface area contributed by atoms with Crippen LogP contribution in [0.1, 0.15) is 29.7 Å². The minimum absolute atomic E-state index is 0.301. The maximum absolute atomic E-state index is 5.34. The number of hydrogen-bond acceptors (Lipinski definition) is 3. The summed E-state index contributed by atoms with van der Waals surface area (Å²) in [6.07, 6.45) is 3.64. The number of benzene rings is 1. The average molecular weight is 256 g/mol. The van der Waals surface area contributed by atoms with E-state index in [4.69, 9.17) is 4.74 Å². The highest BCUT2D eigenvalue weighted by Gasteiger charge is 2.05. The molecule has 1 atom stereocenters. The molecule has 0 spiro atoms. The molecule has 1 aromatic carbocycles. The summed E-state index contributed by atoms with van der Waals surface area (Å²) >= 11 is 0. The lowest BCUT2D eigenvalue weighted by Gasteiger charge is -2.15. The van der Waals surface area contributed by atoms with Gasteiger partial charge in [0.25, 0.3) is 0 Å². The van der Waals surface area contributed by atoms with Gasteiger partial charge in [0.15, 0.2) is 0 Å². The second-order valence-electron chi connectivity index (χ2n) is 4.69. The fourth-order valence-corrected chi connectivity index (χ4v) is 2.02. The van der Waals surface area contributed by atoms with Crippen LogP contribution in [0.15, 0.2) is 42.7 Å². The highest BCUT2D eigenvalue weighted by atomic mass is 16.5. The molecule has 1 heterocycles. The van der Waals surface area contributed by atoms with Crippen LogP contribution >= 0.6 is 0 Å². The summed E-state index contributed by atoms with van der Waals surface area (Å²) in [7, 11) is 1.71. The molecule has 1 unspecified atom stereocenters. The lowest BCUT2D eigenvalue weighted by Crippen LogP contribution is -2.18. The van der Waals surface area contributed by atoms with Crippen LogP contribution in [0.4, 0.5) is 0 Å². The molecule has 0 aliphatic heterocycles. The molecule has 0 saturated heterocycles. The Hall–Kier alpha value is -1.87. The third kappa shape index (κ3) is 3.55. The number of ether oxygens (including phenoxy) is 1. The van der Waals surface area contributed by atoms with Crippen molar-refractivity contribution in [2.24, 2.45) is 0 Å². The summed E-state index contributed by atoms with van der Waals surface area (Å²) in [4.78, 5) is 4.03. The Morgan fingerprint density at radius 3 is 2.63 bits per heavy atom. The van der Waals surface area contributed by atoms with Gasteiger partial charge in [0.05, 0.1) is 7.11 Å². The number of pyridine rings is 1. The van der Waals surface area contributed by atoms with Gasteiger partial charge < -0.3 is 10.1 Å². The van der Waals surface area contributed by atoms with Crippen molar-refractivity contribution in [2.45, 2.75) is 26.4 Å². The van der Waals surface area contributed by atoms with Crippen molar-refractivity contribution in [3.8, 4) is 5.75 Å². The minimum atomic E-state index is 0.301. The first kappa shape index (κ1) is 13.6. The lowest BCUT2D eigenvalue weighted by atomic mass is 10.1. The number of nitrogens with one attached hydrogen (secondary N) is 1. The summed E-state index contributed by atoms with van der Waals surface area (Å²) < 4.78 is 5.34. The van der Waals surface area contributed by atoms with E-state index in [1.165, 1.54) is 11.1 Å². The zero-order valence-electron chi connectivity index (χ0n) is 11.7. The summed E-state index contributed by atoms with van der Waals surface area (Å²) in [5.41, 5.74) is 3.63. The minimum Gasteiger partial charge on any atom is -0.496 e. The number of rotatable bonds is 5. The van der Waals surface area contributed by atoms with Crippen LogP contribution in [0.25, 0.3) is 0 Å². The maximum Gasteiger partial charge on any atom is 0.122 e. The van der Waals surface area contributed by atoms with E-state index in [0.717, 1.165) is 17.9 Å². The van der Waals surface area contributed by atoms with Crippen LogP contribution < -0.4 is 10.1 Å². The van der Waals surface area contributed by atoms with Crippen LogP contribution in [0.5, 0.6) is 5.75 Å². The predicted octanol–water partition coefficient (Wildman–Crippen LogP) is 3.25. The van der Waals surface area contributed by atoms with E-state index in [2.05, 4.69) is 42.3 Å². The number of aromatic nitrogens is 1. The fraction of sp³-hybridized carbons (Fsp3) is 0.312. The topological polar surface area (TPSA) is 34.1 Å². The van der Waals surface area contributed by atoms with Crippen molar-refractivity contribution in [3.05, 3.63) is 59.4 Å². The molecule has 0 saturated carbocycles. The number of methoxy groups -OCH3 is 1. The van der Waals surface area contributed by atoms with Gasteiger partial charge in [0, 0.05) is 25.0 Å². The standard InChI is InChI=1S/C16H20N2O/c1-12-4-5-14(10-16(12)19-3)11-18-13(2)15-6-8-17-9-7-15/h4-10,13,18H,11H2,1-3H3. The Labute approximate surface area is 114 Å². The first-order valence-electron chi connectivity index (χ1n) is 6.47. The SMILES string of the molecule is COc1cc(CNC(C)c2ccncc2)ccc1C. The van der Waals surface area contributed by atoms with E-state index in [1.807, 2.05) is 24.5 Å². The Morgan fingerprint density at radius 1 is 1.21 bits per heavy atom. The van der Waals surface area contributed by atoms with Gasteiger partial charge >= 0.3 is 0 Å². The maximum atomic E-state index is 5.34. The fourth-order valence-electron chi connectivity index (χ4n) is 2.02. The second-order valence-corrected chi connectivity index (χ2v) is 4.69. The van der Waals surface area contributed by atoms with Gasteiger partial charge in [-0.05, 0) is 48.7 Å². The van der Waals surface area contributed by atoms with E-state index in [9.17, 15) is 0 Å². The van der Waals surface area contributed by atoms with Gasteiger partial charge in [0.2, 0.25) is 0 Å². The summed E-state index contributed by atoms with van der Waals surface area (Å²) in [5, 5.41) is 3.50. The van der Waals surface area contributed by atoms with Gasteiger partial charge in [-0.3, -0.25) is 4.98 Å². The first-order chi connectivity index (χ1) is 9.20. The van der Waals surface area contributed by atoms with E-state index in [-0.39, 0.29) is 0 Å². The predicted molar refractivity (Wildman–Crippen MR) is 77.2 cm³/mol. The average Bonchev–Trinajstić information content (AvgIpc) is 2.47. The van der Waals surface area contributed by atoms with E-state index in [0.29, 0.717) is 6.04 Å². The summed E-state index contributed by atoms with van der Waals surface area (Å²) in [6, 6.07) is 10.7. The molecule has 0 fully saturated rings. The Bertz CT molecular complexity index is 526. The van der Waals surface area contributed by atoms with Crippen LogP contribution in [0.3, 0.4) is 0 Å². The van der Waals surface area contributed by atoms with E-state index in [1.54, 1.807) is 7.11 Å². The Balaban J connectivity index is 1.99. The highest BCUT2D eigenvalue weighted by Crippen LogP contribution is 2.19. The number of aryl methyl sites for hydroxylation is 1. The molecule has 0 radical (unpaired) electrons. The third-order valence-electron chi connectivity index (χ3n) is 3.29. The summed E-state index contributed by atoms with van der Waals surface area (Å²) in [5.74, 6) is 0.941. The molecule has 3 nitrogen and oxygen atoms in total. The molecule has 1 aromatic heterocycles. The van der Waals surface area contributed by atoms with Crippen molar-refractivity contribution in [1.82, 2.24) is 10.3 Å². The molecule has 100 valence electrons.